The minimum absolute atomic E-state index is 0.630. The molecule has 1 aliphatic rings. The Kier molecular flexibility index (Phi) is 3.44. The fourth-order valence-electron chi connectivity index (χ4n) is 0.895. The molecule has 1 atom stereocenters. The first-order valence-electron chi connectivity index (χ1n) is 3.66. The van der Waals surface area contributed by atoms with Gasteiger partial charge in [-0.05, 0) is 18.6 Å². The van der Waals surface area contributed by atoms with E-state index in [1.165, 1.54) is 25.7 Å². The average Bonchev–Trinajstić information content (AvgIpc) is 2.63. The van der Waals surface area contributed by atoms with Crippen molar-refractivity contribution in [3.05, 3.63) is 0 Å². The topological polar surface area (TPSA) is 12.5 Å². The Balaban J connectivity index is 1.71. The Bertz CT molecular complexity index is 71.3. The summed E-state index contributed by atoms with van der Waals surface area (Å²) in [5.74, 6) is 1.03. The van der Waals surface area contributed by atoms with Crippen LogP contribution in [0.25, 0.3) is 0 Å². The van der Waals surface area contributed by atoms with Crippen LogP contribution >= 0.6 is 12.6 Å². The summed E-state index contributed by atoms with van der Waals surface area (Å²) < 4.78 is 5.07. The summed E-state index contributed by atoms with van der Waals surface area (Å²) in [5, 5.41) is 0. The minimum atomic E-state index is 0.630. The van der Waals surface area contributed by atoms with E-state index in [1.807, 2.05) is 0 Å². The highest BCUT2D eigenvalue weighted by atomic mass is 32.1. The number of hydrogen-bond donors (Lipinski definition) is 1. The van der Waals surface area contributed by atoms with Crippen molar-refractivity contribution in [2.75, 3.05) is 12.4 Å². The van der Waals surface area contributed by atoms with Crippen molar-refractivity contribution in [1.29, 1.82) is 0 Å². The van der Waals surface area contributed by atoms with E-state index in [1.54, 1.807) is 0 Å². The smallest absolute Gasteiger partial charge is 0.0810 e. The monoisotopic (exact) mass is 146 g/mol. The largest absolute Gasteiger partial charge is 0.373 e. The Morgan fingerprint density at radius 3 is 2.67 bits per heavy atom. The second kappa shape index (κ2) is 4.18. The molecule has 1 aliphatic heterocycles. The average molecular weight is 146 g/mol. The molecule has 0 spiro atoms. The van der Waals surface area contributed by atoms with Gasteiger partial charge in [-0.3, -0.25) is 0 Å². The third-order valence-corrected chi connectivity index (χ3v) is 1.90. The number of unbranched alkanes of at least 4 members (excludes halogenated alkanes) is 2. The molecule has 54 valence electrons. The van der Waals surface area contributed by atoms with Crippen LogP contribution in [0.4, 0.5) is 0 Å². The van der Waals surface area contributed by atoms with Gasteiger partial charge < -0.3 is 4.74 Å². The zero-order chi connectivity index (χ0) is 6.53. The van der Waals surface area contributed by atoms with Gasteiger partial charge in [-0.15, -0.1) is 0 Å². The van der Waals surface area contributed by atoms with Crippen LogP contribution in [0.5, 0.6) is 0 Å². The molecular weight excluding hydrogens is 132 g/mol. The van der Waals surface area contributed by atoms with Gasteiger partial charge in [0.25, 0.3) is 0 Å². The predicted molar refractivity (Wildman–Crippen MR) is 42.1 cm³/mol. The predicted octanol–water partition coefficient (Wildman–Crippen LogP) is 1.88. The van der Waals surface area contributed by atoms with Crippen molar-refractivity contribution in [3.8, 4) is 0 Å². The van der Waals surface area contributed by atoms with Crippen molar-refractivity contribution in [3.63, 3.8) is 0 Å². The Morgan fingerprint density at radius 1 is 1.33 bits per heavy atom. The normalized spacial score (nSPS) is 24.3. The van der Waals surface area contributed by atoms with Crippen molar-refractivity contribution >= 4 is 12.6 Å². The molecule has 0 aliphatic carbocycles. The number of hydrogen-bond acceptors (Lipinski definition) is 2. The van der Waals surface area contributed by atoms with E-state index in [-0.39, 0.29) is 0 Å². The van der Waals surface area contributed by atoms with Crippen molar-refractivity contribution in [1.82, 2.24) is 0 Å². The zero-order valence-electron chi connectivity index (χ0n) is 5.68. The van der Waals surface area contributed by atoms with Crippen molar-refractivity contribution in [2.45, 2.75) is 31.8 Å². The van der Waals surface area contributed by atoms with E-state index >= 15 is 0 Å². The molecule has 0 aromatic carbocycles. The first-order valence-corrected chi connectivity index (χ1v) is 4.29. The molecule has 2 heteroatoms. The summed E-state index contributed by atoms with van der Waals surface area (Å²) in [6.45, 7) is 1.01. The fraction of sp³-hybridized carbons (Fsp3) is 1.00. The highest BCUT2D eigenvalue weighted by molar-refractivity contribution is 7.80. The Labute approximate surface area is 62.2 Å². The molecule has 0 aromatic heterocycles. The quantitative estimate of drug-likeness (QED) is 0.355. The van der Waals surface area contributed by atoms with Crippen LogP contribution in [0.2, 0.25) is 0 Å². The molecule has 0 N–H and O–H groups in total. The maximum Gasteiger partial charge on any atom is 0.0810 e. The molecule has 1 saturated heterocycles. The van der Waals surface area contributed by atoms with E-state index in [0.29, 0.717) is 6.10 Å². The molecule has 0 aromatic rings. The third kappa shape index (κ3) is 3.82. The molecule has 9 heavy (non-hydrogen) atoms. The highest BCUT2D eigenvalue weighted by Gasteiger charge is 2.20. The molecule has 1 rings (SSSR count). The lowest BCUT2D eigenvalue weighted by Gasteiger charge is -1.93. The second-order valence-electron chi connectivity index (χ2n) is 2.53. The number of ether oxygens (including phenoxy) is 1. The molecule has 0 amide bonds. The van der Waals surface area contributed by atoms with E-state index < -0.39 is 0 Å². The number of thiol groups is 1. The van der Waals surface area contributed by atoms with Crippen LogP contribution in [0.3, 0.4) is 0 Å². The van der Waals surface area contributed by atoms with E-state index in [2.05, 4.69) is 12.6 Å². The maximum absolute atomic E-state index is 5.07. The van der Waals surface area contributed by atoms with Gasteiger partial charge in [0, 0.05) is 0 Å². The fourth-order valence-corrected chi connectivity index (χ4v) is 1.12. The van der Waals surface area contributed by atoms with E-state index in [0.717, 1.165) is 12.4 Å². The summed E-state index contributed by atoms with van der Waals surface area (Å²) in [5.41, 5.74) is 0. The summed E-state index contributed by atoms with van der Waals surface area (Å²) >= 11 is 4.13. The number of rotatable bonds is 5. The van der Waals surface area contributed by atoms with Crippen LogP contribution in [-0.2, 0) is 4.74 Å². The molecule has 0 radical (unpaired) electrons. The van der Waals surface area contributed by atoms with Gasteiger partial charge in [-0.2, -0.15) is 12.6 Å². The van der Waals surface area contributed by atoms with E-state index in [4.69, 9.17) is 4.74 Å². The summed E-state index contributed by atoms with van der Waals surface area (Å²) in [6.07, 6.45) is 5.81. The van der Waals surface area contributed by atoms with Gasteiger partial charge in [0.15, 0.2) is 0 Å². The van der Waals surface area contributed by atoms with Gasteiger partial charge in [-0.25, -0.2) is 0 Å². The Hall–Kier alpha value is 0.310. The van der Waals surface area contributed by atoms with Crippen LogP contribution in [-0.4, -0.2) is 18.5 Å². The molecule has 1 fully saturated rings. The van der Waals surface area contributed by atoms with Crippen LogP contribution in [0.1, 0.15) is 25.7 Å². The lowest BCUT2D eigenvalue weighted by molar-refractivity contribution is 0.389. The SMILES string of the molecule is SCCCCCC1CO1. The summed E-state index contributed by atoms with van der Waals surface area (Å²) in [6, 6.07) is 0. The molecule has 0 saturated carbocycles. The van der Waals surface area contributed by atoms with Crippen LogP contribution < -0.4 is 0 Å². The lowest BCUT2D eigenvalue weighted by Crippen LogP contribution is -1.85. The molecule has 1 nitrogen and oxygen atoms in total. The van der Waals surface area contributed by atoms with Gasteiger partial charge >= 0.3 is 0 Å². The highest BCUT2D eigenvalue weighted by Crippen LogP contribution is 2.16. The molecule has 1 heterocycles. The minimum Gasteiger partial charge on any atom is -0.373 e. The van der Waals surface area contributed by atoms with Crippen molar-refractivity contribution < 1.29 is 4.74 Å². The first kappa shape index (κ1) is 7.42. The standard InChI is InChI=1S/C7H14OS/c9-5-3-1-2-4-7-6-8-7/h7,9H,1-6H2. The van der Waals surface area contributed by atoms with Gasteiger partial charge in [0.05, 0.1) is 12.7 Å². The summed E-state index contributed by atoms with van der Waals surface area (Å²) in [7, 11) is 0. The van der Waals surface area contributed by atoms with Gasteiger partial charge in [-0.1, -0.05) is 12.8 Å². The summed E-state index contributed by atoms with van der Waals surface area (Å²) in [4.78, 5) is 0. The molecular formula is C7H14OS. The van der Waals surface area contributed by atoms with Crippen LogP contribution in [0, 0.1) is 0 Å². The third-order valence-electron chi connectivity index (χ3n) is 1.59. The molecule has 1 unspecified atom stereocenters. The molecule has 0 bridgehead atoms. The lowest BCUT2D eigenvalue weighted by atomic mass is 10.2. The second-order valence-corrected chi connectivity index (χ2v) is 2.98. The Morgan fingerprint density at radius 2 is 2.11 bits per heavy atom. The zero-order valence-corrected chi connectivity index (χ0v) is 6.57. The van der Waals surface area contributed by atoms with Gasteiger partial charge in [0.1, 0.15) is 0 Å². The van der Waals surface area contributed by atoms with Crippen LogP contribution in [0.15, 0.2) is 0 Å². The van der Waals surface area contributed by atoms with Gasteiger partial charge in [0.2, 0.25) is 0 Å². The van der Waals surface area contributed by atoms with Crippen molar-refractivity contribution in [2.24, 2.45) is 0 Å². The van der Waals surface area contributed by atoms with E-state index in [9.17, 15) is 0 Å². The first-order chi connectivity index (χ1) is 4.43. The number of epoxide rings is 1. The maximum atomic E-state index is 5.07.